The summed E-state index contributed by atoms with van der Waals surface area (Å²) in [5.74, 6) is -2.48. The Bertz CT molecular complexity index is 2070. The molecule has 3 aliphatic rings. The van der Waals surface area contributed by atoms with Gasteiger partial charge in [0.25, 0.3) is 11.8 Å². The Morgan fingerprint density at radius 3 is 1.93 bits per heavy atom. The van der Waals surface area contributed by atoms with Gasteiger partial charge in [0.15, 0.2) is 0 Å². The monoisotopic (exact) mass is 931 g/mol. The van der Waals surface area contributed by atoms with Crippen LogP contribution in [0.3, 0.4) is 0 Å². The van der Waals surface area contributed by atoms with E-state index < -0.39 is 64.9 Å². The molecule has 8 atom stereocenters. The highest BCUT2D eigenvalue weighted by Gasteiger charge is 2.44. The van der Waals surface area contributed by atoms with Gasteiger partial charge in [-0.05, 0) is 122 Å². The predicted molar refractivity (Wildman–Crippen MR) is 260 cm³/mol. The Morgan fingerprint density at radius 1 is 0.761 bits per heavy atom. The number of nitrogens with one attached hydrogen (secondary N) is 7. The molecule has 5 rings (SSSR count). The van der Waals surface area contributed by atoms with Crippen molar-refractivity contribution in [3.05, 3.63) is 70.8 Å². The van der Waals surface area contributed by atoms with E-state index in [1.165, 1.54) is 34.9 Å². The third-order valence-electron chi connectivity index (χ3n) is 12.6. The lowest BCUT2D eigenvalue weighted by atomic mass is 9.85. The van der Waals surface area contributed by atoms with E-state index in [9.17, 15) is 33.6 Å². The van der Waals surface area contributed by atoms with Gasteiger partial charge in [0.2, 0.25) is 29.5 Å². The molecule has 0 saturated carbocycles. The lowest BCUT2D eigenvalue weighted by molar-refractivity contribution is -0.142. The van der Waals surface area contributed by atoms with Crippen LogP contribution in [0.4, 0.5) is 0 Å². The molecule has 370 valence electrons. The van der Waals surface area contributed by atoms with Crippen LogP contribution in [0.25, 0.3) is 0 Å². The maximum absolute atomic E-state index is 14.0. The first-order valence-corrected chi connectivity index (χ1v) is 23.9. The second-order valence-corrected chi connectivity index (χ2v) is 20.4. The zero-order chi connectivity index (χ0) is 49.8. The molecule has 2 saturated heterocycles. The van der Waals surface area contributed by atoms with E-state index in [-0.39, 0.29) is 60.3 Å². The number of aryl methyl sites for hydroxylation is 1. The van der Waals surface area contributed by atoms with Crippen molar-refractivity contribution in [1.82, 2.24) is 47.0 Å². The average molecular weight is 931 g/mol. The maximum atomic E-state index is 14.0. The fourth-order valence-corrected chi connectivity index (χ4v) is 8.50. The van der Waals surface area contributed by atoms with E-state index in [0.29, 0.717) is 31.8 Å². The van der Waals surface area contributed by atoms with Crippen molar-refractivity contribution in [2.75, 3.05) is 33.7 Å². The molecule has 2 fully saturated rings. The summed E-state index contributed by atoms with van der Waals surface area (Å²) in [4.78, 5) is 96.5. The van der Waals surface area contributed by atoms with E-state index in [0.717, 1.165) is 6.42 Å². The molecule has 7 amide bonds. The number of hydrogen-bond donors (Lipinski definition) is 8. The quantitative estimate of drug-likeness (QED) is 0.130. The van der Waals surface area contributed by atoms with E-state index in [4.69, 9.17) is 5.73 Å². The van der Waals surface area contributed by atoms with Gasteiger partial charge in [-0.2, -0.15) is 0 Å². The fraction of sp³-hybridized carbons (Fsp3) is 0.620. The topological polar surface area (TPSA) is 236 Å². The summed E-state index contributed by atoms with van der Waals surface area (Å²) in [5, 5.41) is 20.3. The number of nitrogens with two attached hydrogens (primary N) is 1. The summed E-state index contributed by atoms with van der Waals surface area (Å²) in [7, 11) is 3.32. The van der Waals surface area contributed by atoms with Crippen molar-refractivity contribution >= 4 is 41.4 Å². The number of carbonyl (C=O) groups is 7. The number of nitrogens with zero attached hydrogens (tertiary/aromatic N) is 2. The minimum Gasteiger partial charge on any atom is -0.350 e. The Labute approximate surface area is 397 Å². The van der Waals surface area contributed by atoms with Crippen LogP contribution < -0.4 is 43.0 Å². The molecule has 2 aromatic rings. The highest BCUT2D eigenvalue weighted by Crippen LogP contribution is 2.28. The van der Waals surface area contributed by atoms with Crippen molar-refractivity contribution in [1.29, 1.82) is 0 Å². The average Bonchev–Trinajstić information content (AvgIpc) is 3.94. The Balaban J connectivity index is 0.000000768. The smallest absolute Gasteiger partial charge is 0.251 e. The number of carbonyl (C=O) groups excluding carboxylic acids is 7. The summed E-state index contributed by atoms with van der Waals surface area (Å²) in [6.45, 7) is 17.2. The van der Waals surface area contributed by atoms with E-state index >= 15 is 0 Å². The highest BCUT2D eigenvalue weighted by atomic mass is 16.2. The van der Waals surface area contributed by atoms with Crippen LogP contribution in [0.2, 0.25) is 0 Å². The molecule has 0 radical (unpaired) electrons. The van der Waals surface area contributed by atoms with Crippen LogP contribution in [0.1, 0.15) is 139 Å². The number of likely N-dealkylation sites (N-methyl/N-ethyl adjacent to an activating group) is 2. The normalized spacial score (nSPS) is 21.0. The lowest BCUT2D eigenvalue weighted by Crippen LogP contribution is -2.57. The summed E-state index contributed by atoms with van der Waals surface area (Å²) in [5.41, 5.74) is 8.11. The first-order chi connectivity index (χ1) is 31.5. The summed E-state index contributed by atoms with van der Waals surface area (Å²) in [6, 6.07) is 10.7. The molecular weight excluding hydrogens is 853 g/mol. The number of amides is 7. The van der Waals surface area contributed by atoms with E-state index in [1.54, 1.807) is 51.0 Å². The van der Waals surface area contributed by atoms with Gasteiger partial charge in [0, 0.05) is 54.4 Å². The minimum atomic E-state index is -0.883. The van der Waals surface area contributed by atoms with Gasteiger partial charge >= 0.3 is 0 Å². The van der Waals surface area contributed by atoms with Gasteiger partial charge in [-0.1, -0.05) is 64.4 Å². The van der Waals surface area contributed by atoms with Crippen molar-refractivity contribution < 1.29 is 33.6 Å². The van der Waals surface area contributed by atoms with E-state index in [2.05, 4.69) is 61.5 Å². The molecule has 5 unspecified atom stereocenters. The SMILES string of the molecule is CCC[C@H](NC(=O)C(C)NC)C(=O)N1CC(NC(=O)c2cccc(C(=O)N[C@H]3CCN(C(=O)C(NC(=O)[C@H](C)NC)C(C)(C)C)C3)c2)CC1C(=O)NC(C)(C)C.NC1CCCc2ccccc21. The molecular formula is C50H78N10O7. The molecule has 67 heavy (non-hydrogen) atoms. The largest absolute Gasteiger partial charge is 0.350 e. The number of benzene rings is 2. The van der Waals surface area contributed by atoms with Gasteiger partial charge < -0.3 is 52.8 Å². The standard InChI is InChI=1S/C40H65N9O7.C10H13N/c1-12-14-29(45-32(50)23(2)41-10)37(55)49-22-28(20-30(49)36(54)47-40(7,8)9)44-35(53)26-16-13-15-25(19-26)34(52)43-27-17-18-48(21-27)38(56)31(39(4,5)6)46-33(51)24(3)42-11;11-10-7-3-5-8-4-1-2-6-9(8)10/h13,15-16,19,23-24,27-31,41-42H,12,14,17-18,20-22H2,1-11H3,(H,43,52)(H,44,53)(H,45,50)(H,46,51)(H,47,54);1-2,4,6,10H,3,5,7,11H2/t23?,24-,27-,28?,29-,30?,31?;/m0./s1. The molecule has 2 aliphatic heterocycles. The van der Waals surface area contributed by atoms with Crippen LogP contribution in [0.5, 0.6) is 0 Å². The van der Waals surface area contributed by atoms with Gasteiger partial charge in [-0.3, -0.25) is 33.6 Å². The highest BCUT2D eigenvalue weighted by molar-refractivity contribution is 6.00. The maximum Gasteiger partial charge on any atom is 0.251 e. The first-order valence-electron chi connectivity index (χ1n) is 23.9. The molecule has 2 heterocycles. The molecule has 0 spiro atoms. The van der Waals surface area contributed by atoms with Gasteiger partial charge in [0.05, 0.1) is 12.1 Å². The van der Waals surface area contributed by atoms with Crippen molar-refractivity contribution in [3.8, 4) is 0 Å². The van der Waals surface area contributed by atoms with Crippen molar-refractivity contribution in [2.45, 2.75) is 161 Å². The fourth-order valence-electron chi connectivity index (χ4n) is 8.50. The second-order valence-electron chi connectivity index (χ2n) is 20.4. The summed E-state index contributed by atoms with van der Waals surface area (Å²) < 4.78 is 0. The zero-order valence-electron chi connectivity index (χ0n) is 41.6. The molecule has 0 aromatic heterocycles. The Morgan fingerprint density at radius 2 is 1.36 bits per heavy atom. The minimum absolute atomic E-state index is 0.0514. The van der Waals surface area contributed by atoms with Gasteiger partial charge in [-0.15, -0.1) is 0 Å². The van der Waals surface area contributed by atoms with Gasteiger partial charge in [-0.25, -0.2) is 0 Å². The first kappa shape index (κ1) is 54.2. The lowest BCUT2D eigenvalue weighted by Gasteiger charge is -2.34. The molecule has 1 aliphatic carbocycles. The second kappa shape index (κ2) is 24.1. The predicted octanol–water partition coefficient (Wildman–Crippen LogP) is 2.69. The summed E-state index contributed by atoms with van der Waals surface area (Å²) >= 11 is 0. The molecule has 9 N–H and O–H groups in total. The number of rotatable bonds is 15. The zero-order valence-corrected chi connectivity index (χ0v) is 41.6. The number of fused-ring (bicyclic) bond motifs is 1. The van der Waals surface area contributed by atoms with Crippen molar-refractivity contribution in [2.24, 2.45) is 11.1 Å². The summed E-state index contributed by atoms with van der Waals surface area (Å²) in [6.07, 6.45) is 5.28. The molecule has 0 bridgehead atoms. The number of likely N-dealkylation sites (tertiary alicyclic amines) is 2. The van der Waals surface area contributed by atoms with E-state index in [1.807, 2.05) is 48.5 Å². The Kier molecular flexibility index (Phi) is 19.5. The van der Waals surface area contributed by atoms with Gasteiger partial charge in [0.1, 0.15) is 18.1 Å². The third-order valence-corrected chi connectivity index (χ3v) is 12.6. The van der Waals surface area contributed by atoms with Crippen molar-refractivity contribution in [3.63, 3.8) is 0 Å². The third kappa shape index (κ3) is 15.3. The molecule has 17 nitrogen and oxygen atoms in total. The molecule has 17 heteroatoms. The van der Waals surface area contributed by atoms with Crippen LogP contribution in [0, 0.1) is 5.41 Å². The van der Waals surface area contributed by atoms with Crippen LogP contribution in [-0.4, -0.2) is 133 Å². The van der Waals surface area contributed by atoms with Crippen LogP contribution in [0.15, 0.2) is 48.5 Å². The number of hydrogen-bond acceptors (Lipinski definition) is 10. The molecule has 2 aromatic carbocycles. The Hall–Kier alpha value is -5.39. The van der Waals surface area contributed by atoms with Crippen LogP contribution >= 0.6 is 0 Å². The van der Waals surface area contributed by atoms with Crippen LogP contribution in [-0.2, 0) is 30.4 Å².